The minimum atomic E-state index is -0.945. The highest BCUT2D eigenvalue weighted by Crippen LogP contribution is 2.26. The lowest BCUT2D eigenvalue weighted by molar-refractivity contribution is -0.124. The summed E-state index contributed by atoms with van der Waals surface area (Å²) in [6.45, 7) is 3.86. The first kappa shape index (κ1) is 13.8. The maximum absolute atomic E-state index is 12.0. The highest BCUT2D eigenvalue weighted by molar-refractivity contribution is 7.12. The number of hydrogen-bond donors (Lipinski definition) is 2. The Balaban J connectivity index is 2.18. The van der Waals surface area contributed by atoms with Crippen molar-refractivity contribution in [3.05, 3.63) is 16.3 Å². The van der Waals surface area contributed by atoms with E-state index in [1.54, 1.807) is 11.4 Å². The molecule has 0 saturated carbocycles. The van der Waals surface area contributed by atoms with E-state index in [0.29, 0.717) is 26.3 Å². The first-order valence-electron chi connectivity index (χ1n) is 6.07. The van der Waals surface area contributed by atoms with Gasteiger partial charge in [-0.25, -0.2) is 4.79 Å². The molecule has 6 nitrogen and oxygen atoms in total. The lowest BCUT2D eigenvalue weighted by atomic mass is 10.2. The van der Waals surface area contributed by atoms with Gasteiger partial charge in [0.15, 0.2) is 0 Å². The van der Waals surface area contributed by atoms with Gasteiger partial charge in [0.25, 0.3) is 0 Å². The molecule has 0 spiro atoms. The molecule has 1 aromatic heterocycles. The van der Waals surface area contributed by atoms with Gasteiger partial charge in [0.2, 0.25) is 5.91 Å². The standard InChI is InChI=1S/C12H16N2O4S/c1-2-13-11(15)9-6-18-4-3-14(9)8-5-10(12(16)17)19-7-8/h5,7,9H,2-4,6H2,1H3,(H,13,15)(H,16,17). The molecular weight excluding hydrogens is 268 g/mol. The smallest absolute Gasteiger partial charge is 0.345 e. The van der Waals surface area contributed by atoms with Gasteiger partial charge in [0, 0.05) is 24.2 Å². The summed E-state index contributed by atoms with van der Waals surface area (Å²) >= 11 is 1.16. The summed E-state index contributed by atoms with van der Waals surface area (Å²) in [7, 11) is 0. The number of carboxylic acids is 1. The van der Waals surface area contributed by atoms with Crippen LogP contribution in [-0.2, 0) is 9.53 Å². The lowest BCUT2D eigenvalue weighted by Gasteiger charge is -2.35. The van der Waals surface area contributed by atoms with Crippen molar-refractivity contribution in [2.75, 3.05) is 31.2 Å². The average molecular weight is 284 g/mol. The topological polar surface area (TPSA) is 78.9 Å². The van der Waals surface area contributed by atoms with Crippen LogP contribution in [0.5, 0.6) is 0 Å². The fraction of sp³-hybridized carbons (Fsp3) is 0.500. The van der Waals surface area contributed by atoms with Gasteiger partial charge in [0.1, 0.15) is 10.9 Å². The van der Waals surface area contributed by atoms with Crippen LogP contribution in [-0.4, -0.2) is 49.3 Å². The number of rotatable bonds is 4. The number of anilines is 1. The second-order valence-electron chi connectivity index (χ2n) is 4.15. The molecule has 1 aromatic rings. The van der Waals surface area contributed by atoms with Crippen LogP contribution in [0.2, 0.25) is 0 Å². The van der Waals surface area contributed by atoms with E-state index in [2.05, 4.69) is 5.32 Å². The molecule has 1 fully saturated rings. The maximum Gasteiger partial charge on any atom is 0.345 e. The predicted octanol–water partition coefficient (Wildman–Crippen LogP) is 0.788. The van der Waals surface area contributed by atoms with Gasteiger partial charge in [-0.05, 0) is 13.0 Å². The first-order chi connectivity index (χ1) is 9.13. The van der Waals surface area contributed by atoms with Crippen molar-refractivity contribution in [1.82, 2.24) is 5.32 Å². The Labute approximate surface area is 115 Å². The third-order valence-electron chi connectivity index (χ3n) is 2.91. The van der Waals surface area contributed by atoms with Gasteiger partial charge in [-0.2, -0.15) is 0 Å². The number of amides is 1. The molecule has 2 heterocycles. The highest BCUT2D eigenvalue weighted by Gasteiger charge is 2.30. The summed E-state index contributed by atoms with van der Waals surface area (Å²) in [5, 5.41) is 13.5. The van der Waals surface area contributed by atoms with Crippen molar-refractivity contribution in [2.45, 2.75) is 13.0 Å². The first-order valence-corrected chi connectivity index (χ1v) is 6.95. The molecule has 2 N–H and O–H groups in total. The highest BCUT2D eigenvalue weighted by atomic mass is 32.1. The number of carbonyl (C=O) groups excluding carboxylic acids is 1. The third-order valence-corrected chi connectivity index (χ3v) is 3.82. The van der Waals surface area contributed by atoms with E-state index in [1.165, 1.54) is 0 Å². The molecule has 7 heteroatoms. The fourth-order valence-electron chi connectivity index (χ4n) is 2.01. The number of carboxylic acid groups (broad SMARTS) is 1. The SMILES string of the molecule is CCNC(=O)C1COCCN1c1csc(C(=O)O)c1. The summed E-state index contributed by atoms with van der Waals surface area (Å²) in [5.74, 6) is -1.04. The molecule has 1 aliphatic rings. The van der Waals surface area contributed by atoms with Gasteiger partial charge in [-0.15, -0.1) is 11.3 Å². The van der Waals surface area contributed by atoms with Gasteiger partial charge < -0.3 is 20.1 Å². The van der Waals surface area contributed by atoms with Crippen LogP contribution in [0.25, 0.3) is 0 Å². The Morgan fingerprint density at radius 3 is 3.05 bits per heavy atom. The Hall–Kier alpha value is -1.60. The number of ether oxygens (including phenoxy) is 1. The quantitative estimate of drug-likeness (QED) is 0.854. The number of nitrogens with one attached hydrogen (secondary N) is 1. The molecular formula is C12H16N2O4S. The predicted molar refractivity (Wildman–Crippen MR) is 71.9 cm³/mol. The zero-order valence-electron chi connectivity index (χ0n) is 10.6. The Bertz CT molecular complexity index is 474. The van der Waals surface area contributed by atoms with Crippen LogP contribution in [0.15, 0.2) is 11.4 Å². The molecule has 1 unspecified atom stereocenters. The third kappa shape index (κ3) is 3.05. The molecule has 0 bridgehead atoms. The van der Waals surface area contributed by atoms with Gasteiger partial charge >= 0.3 is 5.97 Å². The number of nitrogens with zero attached hydrogens (tertiary/aromatic N) is 1. The zero-order chi connectivity index (χ0) is 13.8. The summed E-state index contributed by atoms with van der Waals surface area (Å²) in [4.78, 5) is 25.1. The number of hydrogen-bond acceptors (Lipinski definition) is 5. The van der Waals surface area contributed by atoms with Crippen molar-refractivity contribution in [3.63, 3.8) is 0 Å². The molecule has 1 aliphatic heterocycles. The number of thiophene rings is 1. The van der Waals surface area contributed by atoms with Crippen LogP contribution < -0.4 is 10.2 Å². The van der Waals surface area contributed by atoms with E-state index < -0.39 is 12.0 Å². The molecule has 2 rings (SSSR count). The van der Waals surface area contributed by atoms with Crippen molar-refractivity contribution in [3.8, 4) is 0 Å². The van der Waals surface area contributed by atoms with E-state index in [4.69, 9.17) is 9.84 Å². The molecule has 0 radical (unpaired) electrons. The fourth-order valence-corrected chi connectivity index (χ4v) is 2.75. The molecule has 19 heavy (non-hydrogen) atoms. The lowest BCUT2D eigenvalue weighted by Crippen LogP contribution is -2.54. The van der Waals surface area contributed by atoms with Gasteiger partial charge in [-0.3, -0.25) is 4.79 Å². The van der Waals surface area contributed by atoms with E-state index in [1.807, 2.05) is 11.8 Å². The van der Waals surface area contributed by atoms with E-state index >= 15 is 0 Å². The van der Waals surface area contributed by atoms with E-state index in [-0.39, 0.29) is 10.8 Å². The molecule has 1 saturated heterocycles. The zero-order valence-corrected chi connectivity index (χ0v) is 11.4. The molecule has 1 amide bonds. The summed E-state index contributed by atoms with van der Waals surface area (Å²) in [6, 6.07) is 1.20. The number of aromatic carboxylic acids is 1. The number of likely N-dealkylation sites (N-methyl/N-ethyl adjacent to an activating group) is 1. The molecule has 1 atom stereocenters. The van der Waals surface area contributed by atoms with Gasteiger partial charge in [0.05, 0.1) is 13.2 Å². The second kappa shape index (κ2) is 6.03. The minimum Gasteiger partial charge on any atom is -0.477 e. The maximum atomic E-state index is 12.0. The van der Waals surface area contributed by atoms with Crippen molar-refractivity contribution < 1.29 is 19.4 Å². The number of morpholine rings is 1. The summed E-state index contributed by atoms with van der Waals surface area (Å²) < 4.78 is 5.34. The summed E-state index contributed by atoms with van der Waals surface area (Å²) in [5.41, 5.74) is 0.766. The monoisotopic (exact) mass is 284 g/mol. The van der Waals surface area contributed by atoms with E-state index in [0.717, 1.165) is 17.0 Å². The van der Waals surface area contributed by atoms with E-state index in [9.17, 15) is 9.59 Å². The van der Waals surface area contributed by atoms with Crippen LogP contribution in [0.3, 0.4) is 0 Å². The summed E-state index contributed by atoms with van der Waals surface area (Å²) in [6.07, 6.45) is 0. The average Bonchev–Trinajstić information content (AvgIpc) is 2.88. The largest absolute Gasteiger partial charge is 0.477 e. The normalized spacial score (nSPS) is 19.2. The van der Waals surface area contributed by atoms with Crippen molar-refractivity contribution in [2.24, 2.45) is 0 Å². The Kier molecular flexibility index (Phi) is 4.39. The van der Waals surface area contributed by atoms with Crippen LogP contribution >= 0.6 is 11.3 Å². The molecule has 0 aliphatic carbocycles. The second-order valence-corrected chi connectivity index (χ2v) is 5.06. The Morgan fingerprint density at radius 1 is 1.63 bits per heavy atom. The Morgan fingerprint density at radius 2 is 2.42 bits per heavy atom. The van der Waals surface area contributed by atoms with Crippen LogP contribution in [0, 0.1) is 0 Å². The van der Waals surface area contributed by atoms with Crippen LogP contribution in [0.4, 0.5) is 5.69 Å². The molecule has 0 aromatic carbocycles. The molecule has 104 valence electrons. The van der Waals surface area contributed by atoms with Gasteiger partial charge in [-0.1, -0.05) is 0 Å². The van der Waals surface area contributed by atoms with Crippen molar-refractivity contribution in [1.29, 1.82) is 0 Å². The number of carbonyl (C=O) groups is 2. The van der Waals surface area contributed by atoms with Crippen molar-refractivity contribution >= 4 is 28.9 Å². The van der Waals surface area contributed by atoms with Crippen LogP contribution in [0.1, 0.15) is 16.6 Å². The minimum absolute atomic E-state index is 0.0923.